The molecule has 1 aromatic heterocycles. The third kappa shape index (κ3) is 3.99. The molecule has 1 aliphatic heterocycles. The van der Waals surface area contributed by atoms with Gasteiger partial charge in [0, 0.05) is 43.5 Å². The SMILES string of the molecule is Cc1ccc(-c2ccc(=O)[nH]n2)cc1S(=O)(=O)N1CCN(c2ccc(F)cc2)CC1. The van der Waals surface area contributed by atoms with Crippen LogP contribution < -0.4 is 10.5 Å². The van der Waals surface area contributed by atoms with Crippen LogP contribution in [0.2, 0.25) is 0 Å². The van der Waals surface area contributed by atoms with Gasteiger partial charge in [-0.1, -0.05) is 12.1 Å². The lowest BCUT2D eigenvalue weighted by Gasteiger charge is -2.35. The number of benzene rings is 2. The van der Waals surface area contributed by atoms with Crippen LogP contribution in [-0.2, 0) is 10.0 Å². The summed E-state index contributed by atoms with van der Waals surface area (Å²) < 4.78 is 41.2. The van der Waals surface area contributed by atoms with Crippen LogP contribution in [-0.4, -0.2) is 49.1 Å². The van der Waals surface area contributed by atoms with Crippen molar-refractivity contribution in [2.24, 2.45) is 0 Å². The summed E-state index contributed by atoms with van der Waals surface area (Å²) in [5.74, 6) is -0.299. The van der Waals surface area contributed by atoms with Crippen molar-refractivity contribution in [1.82, 2.24) is 14.5 Å². The number of piperazine rings is 1. The molecule has 2 aromatic carbocycles. The van der Waals surface area contributed by atoms with E-state index in [1.807, 2.05) is 4.90 Å². The molecule has 0 amide bonds. The van der Waals surface area contributed by atoms with Crippen molar-refractivity contribution in [1.29, 1.82) is 0 Å². The summed E-state index contributed by atoms with van der Waals surface area (Å²) in [6.07, 6.45) is 0. The number of hydrogen-bond donors (Lipinski definition) is 1. The summed E-state index contributed by atoms with van der Waals surface area (Å²) >= 11 is 0. The topological polar surface area (TPSA) is 86.4 Å². The van der Waals surface area contributed by atoms with E-state index in [2.05, 4.69) is 10.2 Å². The molecule has 2 heterocycles. The average Bonchev–Trinajstić information content (AvgIpc) is 2.75. The van der Waals surface area contributed by atoms with Crippen LogP contribution in [0.5, 0.6) is 0 Å². The van der Waals surface area contributed by atoms with E-state index in [0.717, 1.165) is 5.69 Å². The molecule has 0 unspecified atom stereocenters. The summed E-state index contributed by atoms with van der Waals surface area (Å²) in [4.78, 5) is 13.5. The molecular formula is C21H21FN4O3S. The highest BCUT2D eigenvalue weighted by Gasteiger charge is 2.30. The van der Waals surface area contributed by atoms with Gasteiger partial charge in [-0.2, -0.15) is 9.40 Å². The van der Waals surface area contributed by atoms with Gasteiger partial charge in [-0.15, -0.1) is 0 Å². The highest BCUT2D eigenvalue weighted by Crippen LogP contribution is 2.27. The lowest BCUT2D eigenvalue weighted by molar-refractivity contribution is 0.384. The molecule has 3 aromatic rings. The highest BCUT2D eigenvalue weighted by molar-refractivity contribution is 7.89. The number of aromatic amines is 1. The number of nitrogens with one attached hydrogen (secondary N) is 1. The van der Waals surface area contributed by atoms with Crippen molar-refractivity contribution in [2.75, 3.05) is 31.1 Å². The van der Waals surface area contributed by atoms with Gasteiger partial charge in [-0.3, -0.25) is 4.79 Å². The number of hydrogen-bond acceptors (Lipinski definition) is 5. The van der Waals surface area contributed by atoms with Gasteiger partial charge in [0.1, 0.15) is 5.82 Å². The average molecular weight is 428 g/mol. The number of rotatable bonds is 4. The van der Waals surface area contributed by atoms with Gasteiger partial charge in [0.15, 0.2) is 0 Å². The fraction of sp³-hybridized carbons (Fsp3) is 0.238. The Kier molecular flexibility index (Phi) is 5.40. The maximum Gasteiger partial charge on any atom is 0.264 e. The Bertz CT molecular complexity index is 1200. The van der Waals surface area contributed by atoms with Crippen LogP contribution in [0.15, 0.2) is 64.3 Å². The molecule has 156 valence electrons. The first-order valence-corrected chi connectivity index (χ1v) is 11.0. The second-order valence-electron chi connectivity index (χ2n) is 7.15. The minimum Gasteiger partial charge on any atom is -0.369 e. The van der Waals surface area contributed by atoms with Crippen LogP contribution in [0, 0.1) is 12.7 Å². The minimum absolute atomic E-state index is 0.225. The predicted octanol–water partition coefficient (Wildman–Crippen LogP) is 2.40. The zero-order valence-electron chi connectivity index (χ0n) is 16.4. The first-order chi connectivity index (χ1) is 14.3. The number of H-pyrrole nitrogens is 1. The molecule has 0 aliphatic carbocycles. The number of anilines is 1. The van der Waals surface area contributed by atoms with E-state index >= 15 is 0 Å². The fourth-order valence-electron chi connectivity index (χ4n) is 3.52. The molecule has 4 rings (SSSR count). The second-order valence-corrected chi connectivity index (χ2v) is 9.06. The van der Waals surface area contributed by atoms with Crippen molar-refractivity contribution in [3.8, 4) is 11.3 Å². The third-order valence-corrected chi connectivity index (χ3v) is 7.25. The van der Waals surface area contributed by atoms with Crippen molar-refractivity contribution in [2.45, 2.75) is 11.8 Å². The maximum atomic E-state index is 13.3. The van der Waals surface area contributed by atoms with Crippen LogP contribution >= 0.6 is 0 Å². The van der Waals surface area contributed by atoms with Crippen LogP contribution in [0.4, 0.5) is 10.1 Å². The zero-order valence-corrected chi connectivity index (χ0v) is 17.2. The van der Waals surface area contributed by atoms with E-state index in [-0.39, 0.29) is 16.3 Å². The number of sulfonamides is 1. The zero-order chi connectivity index (χ0) is 21.3. The molecule has 1 N–H and O–H groups in total. The molecular weight excluding hydrogens is 407 g/mol. The Morgan fingerprint density at radius 3 is 2.30 bits per heavy atom. The Hall–Kier alpha value is -3.04. The lowest BCUT2D eigenvalue weighted by Crippen LogP contribution is -2.48. The Balaban J connectivity index is 1.56. The number of aryl methyl sites for hydroxylation is 1. The molecule has 0 radical (unpaired) electrons. The van der Waals surface area contributed by atoms with Gasteiger partial charge in [-0.05, 0) is 48.9 Å². The Morgan fingerprint density at radius 1 is 0.967 bits per heavy atom. The summed E-state index contributed by atoms with van der Waals surface area (Å²) in [6.45, 7) is 3.46. The van der Waals surface area contributed by atoms with E-state index < -0.39 is 10.0 Å². The van der Waals surface area contributed by atoms with E-state index in [9.17, 15) is 17.6 Å². The molecule has 0 spiro atoms. The van der Waals surface area contributed by atoms with Gasteiger partial charge in [0.05, 0.1) is 10.6 Å². The quantitative estimate of drug-likeness (QED) is 0.690. The normalized spacial score (nSPS) is 15.3. The first kappa shape index (κ1) is 20.2. The van der Waals surface area contributed by atoms with Crippen LogP contribution in [0.25, 0.3) is 11.3 Å². The number of nitrogens with zero attached hydrogens (tertiary/aromatic N) is 3. The third-order valence-electron chi connectivity index (χ3n) is 5.21. The molecule has 1 saturated heterocycles. The molecule has 9 heteroatoms. The summed E-state index contributed by atoms with van der Waals surface area (Å²) in [7, 11) is -3.70. The van der Waals surface area contributed by atoms with Gasteiger partial charge in [0.25, 0.3) is 5.56 Å². The van der Waals surface area contributed by atoms with Gasteiger partial charge in [0.2, 0.25) is 10.0 Å². The van der Waals surface area contributed by atoms with Crippen LogP contribution in [0.3, 0.4) is 0 Å². The first-order valence-electron chi connectivity index (χ1n) is 9.52. The highest BCUT2D eigenvalue weighted by atomic mass is 32.2. The molecule has 0 atom stereocenters. The summed E-state index contributed by atoms with van der Waals surface area (Å²) in [5, 5.41) is 6.35. The maximum absolute atomic E-state index is 13.3. The van der Waals surface area contributed by atoms with Crippen molar-refractivity contribution in [3.05, 3.63) is 76.3 Å². The number of halogens is 1. The van der Waals surface area contributed by atoms with Crippen LogP contribution in [0.1, 0.15) is 5.56 Å². The monoisotopic (exact) mass is 428 g/mol. The van der Waals surface area contributed by atoms with E-state index in [1.165, 1.54) is 22.5 Å². The number of aromatic nitrogens is 2. The van der Waals surface area contributed by atoms with Gasteiger partial charge >= 0.3 is 0 Å². The van der Waals surface area contributed by atoms with E-state index in [4.69, 9.17) is 0 Å². The minimum atomic E-state index is -3.70. The van der Waals surface area contributed by atoms with Crippen molar-refractivity contribution in [3.63, 3.8) is 0 Å². The fourth-order valence-corrected chi connectivity index (χ4v) is 5.19. The molecule has 1 aliphatic rings. The molecule has 30 heavy (non-hydrogen) atoms. The molecule has 1 fully saturated rings. The van der Waals surface area contributed by atoms with Gasteiger partial charge in [-0.25, -0.2) is 17.9 Å². The standard InChI is InChI=1S/C21H21FN4O3S/c1-15-2-3-16(19-8-9-21(27)24-23-19)14-20(15)30(28,29)26-12-10-25(11-13-26)18-6-4-17(22)5-7-18/h2-9,14H,10-13H2,1H3,(H,24,27). The second kappa shape index (κ2) is 8.00. The van der Waals surface area contributed by atoms with E-state index in [0.29, 0.717) is 43.0 Å². The van der Waals surface area contributed by atoms with E-state index in [1.54, 1.807) is 43.3 Å². The van der Waals surface area contributed by atoms with Gasteiger partial charge < -0.3 is 4.90 Å². The predicted molar refractivity (Wildman–Crippen MR) is 112 cm³/mol. The Morgan fingerprint density at radius 2 is 1.67 bits per heavy atom. The smallest absolute Gasteiger partial charge is 0.264 e. The lowest BCUT2D eigenvalue weighted by atomic mass is 10.1. The van der Waals surface area contributed by atoms with Crippen molar-refractivity contribution < 1.29 is 12.8 Å². The molecule has 7 nitrogen and oxygen atoms in total. The summed E-state index contributed by atoms with van der Waals surface area (Å²) in [5.41, 5.74) is 2.30. The largest absolute Gasteiger partial charge is 0.369 e. The molecule has 0 bridgehead atoms. The Labute approximate surface area is 173 Å². The van der Waals surface area contributed by atoms with Crippen molar-refractivity contribution >= 4 is 15.7 Å². The summed E-state index contributed by atoms with van der Waals surface area (Å²) in [6, 6.07) is 14.2. The molecule has 0 saturated carbocycles.